The second-order valence-electron chi connectivity index (χ2n) is 6.44. The largest absolute Gasteiger partial charge is 0.493 e. The molecule has 1 aromatic heterocycles. The monoisotopic (exact) mass is 417 g/mol. The molecular weight excluding hydrogens is 401 g/mol. The molecule has 7 nitrogen and oxygen atoms in total. The Balaban J connectivity index is 1.58. The number of nitrogens with zero attached hydrogens (tertiary/aromatic N) is 3. The molecular formula is C23H16FN3O4. The fourth-order valence-electron chi connectivity index (χ4n) is 2.90. The number of ether oxygens (including phenoxy) is 2. The Kier molecular flexibility index (Phi) is 5.53. The molecule has 0 bridgehead atoms. The van der Waals surface area contributed by atoms with Gasteiger partial charge in [0, 0.05) is 0 Å². The number of carbonyl (C=O) groups is 1. The first-order chi connectivity index (χ1) is 15.1. The minimum atomic E-state index is -0.841. The van der Waals surface area contributed by atoms with Crippen molar-refractivity contribution in [3.63, 3.8) is 0 Å². The molecule has 1 heterocycles. The van der Waals surface area contributed by atoms with Gasteiger partial charge >= 0.3 is 5.97 Å². The van der Waals surface area contributed by atoms with Gasteiger partial charge in [-0.2, -0.15) is 9.78 Å². The Morgan fingerprint density at radius 1 is 1.06 bits per heavy atom. The van der Waals surface area contributed by atoms with Gasteiger partial charge in [-0.25, -0.2) is 14.2 Å². The number of methoxy groups -OCH3 is 1. The van der Waals surface area contributed by atoms with Gasteiger partial charge in [-0.1, -0.05) is 24.3 Å². The van der Waals surface area contributed by atoms with Crippen molar-refractivity contribution in [2.75, 3.05) is 7.11 Å². The van der Waals surface area contributed by atoms with Crippen LogP contribution in [0.15, 0.2) is 83.0 Å². The normalized spacial score (nSPS) is 11.0. The van der Waals surface area contributed by atoms with Gasteiger partial charge in [0.2, 0.25) is 0 Å². The summed E-state index contributed by atoms with van der Waals surface area (Å²) in [7, 11) is 1.41. The molecule has 0 saturated carbocycles. The molecule has 0 atom stereocenters. The average Bonchev–Trinajstić information content (AvgIpc) is 2.79. The van der Waals surface area contributed by atoms with Gasteiger partial charge < -0.3 is 9.47 Å². The molecule has 0 saturated heterocycles. The molecule has 0 fully saturated rings. The van der Waals surface area contributed by atoms with Gasteiger partial charge in [0.25, 0.3) is 5.56 Å². The lowest BCUT2D eigenvalue weighted by molar-refractivity contribution is 0.0725. The lowest BCUT2D eigenvalue weighted by Gasteiger charge is -2.10. The van der Waals surface area contributed by atoms with Crippen LogP contribution in [-0.2, 0) is 0 Å². The molecule has 0 spiro atoms. The van der Waals surface area contributed by atoms with E-state index < -0.39 is 11.8 Å². The minimum absolute atomic E-state index is 0.123. The van der Waals surface area contributed by atoms with Crippen LogP contribution in [0.1, 0.15) is 15.9 Å². The van der Waals surface area contributed by atoms with E-state index in [0.29, 0.717) is 16.5 Å². The summed E-state index contributed by atoms with van der Waals surface area (Å²) in [6, 6.07) is 17.2. The third-order valence-electron chi connectivity index (χ3n) is 4.46. The number of benzene rings is 3. The van der Waals surface area contributed by atoms with E-state index in [9.17, 15) is 14.0 Å². The summed E-state index contributed by atoms with van der Waals surface area (Å²) in [5.74, 6) is -1.15. The Hall–Kier alpha value is -4.33. The number of fused-ring (bicyclic) bond motifs is 1. The first kappa shape index (κ1) is 20.0. The van der Waals surface area contributed by atoms with Crippen molar-refractivity contribution in [1.82, 2.24) is 9.66 Å². The van der Waals surface area contributed by atoms with Gasteiger partial charge in [0.05, 0.1) is 29.8 Å². The van der Waals surface area contributed by atoms with Gasteiger partial charge in [-0.3, -0.25) is 4.79 Å². The zero-order valence-electron chi connectivity index (χ0n) is 16.4. The standard InChI is InChI=1S/C23H16FN3O4/c1-30-21-12-15(10-11-20(21)31-23(29)16-6-2-4-8-18(16)24)13-26-27-14-25-19-9-5-3-7-17(19)22(27)28/h2-14H,1H3/b26-13+. The maximum atomic E-state index is 13.8. The van der Waals surface area contributed by atoms with E-state index in [0.717, 1.165) is 4.68 Å². The predicted molar refractivity (Wildman–Crippen MR) is 113 cm³/mol. The zero-order chi connectivity index (χ0) is 21.8. The van der Waals surface area contributed by atoms with Crippen LogP contribution in [0.3, 0.4) is 0 Å². The summed E-state index contributed by atoms with van der Waals surface area (Å²) in [6.07, 6.45) is 2.78. The topological polar surface area (TPSA) is 82.8 Å². The molecule has 4 aromatic rings. The van der Waals surface area contributed by atoms with Gasteiger partial charge in [-0.05, 0) is 48.0 Å². The minimum Gasteiger partial charge on any atom is -0.493 e. The van der Waals surface area contributed by atoms with Gasteiger partial charge in [0.1, 0.15) is 12.1 Å². The molecule has 0 radical (unpaired) electrons. The third kappa shape index (κ3) is 4.18. The number of halogens is 1. The summed E-state index contributed by atoms with van der Waals surface area (Å²) in [5.41, 5.74) is 0.687. The lowest BCUT2D eigenvalue weighted by Crippen LogP contribution is -2.17. The van der Waals surface area contributed by atoms with Crippen molar-refractivity contribution in [2.24, 2.45) is 5.10 Å². The Labute approximate surface area is 176 Å². The van der Waals surface area contributed by atoms with Crippen LogP contribution in [0.25, 0.3) is 10.9 Å². The SMILES string of the molecule is COc1cc(/C=N/n2cnc3ccccc3c2=O)ccc1OC(=O)c1ccccc1F. The van der Waals surface area contributed by atoms with E-state index in [2.05, 4.69) is 10.1 Å². The number of esters is 1. The van der Waals surface area contributed by atoms with Crippen LogP contribution in [0, 0.1) is 5.82 Å². The second kappa shape index (κ2) is 8.58. The number of carbonyl (C=O) groups excluding carboxylic acids is 1. The molecule has 8 heteroatoms. The fraction of sp³-hybridized carbons (Fsp3) is 0.0435. The summed E-state index contributed by atoms with van der Waals surface area (Å²) in [4.78, 5) is 29.0. The highest BCUT2D eigenvalue weighted by molar-refractivity contribution is 5.92. The number of aromatic nitrogens is 2. The van der Waals surface area contributed by atoms with E-state index in [4.69, 9.17) is 9.47 Å². The van der Waals surface area contributed by atoms with Crippen molar-refractivity contribution >= 4 is 23.1 Å². The highest BCUT2D eigenvalue weighted by Gasteiger charge is 2.16. The van der Waals surface area contributed by atoms with E-state index in [1.165, 1.54) is 43.9 Å². The second-order valence-corrected chi connectivity index (χ2v) is 6.44. The summed E-state index contributed by atoms with van der Waals surface area (Å²) < 4.78 is 25.5. The van der Waals surface area contributed by atoms with Crippen molar-refractivity contribution in [3.05, 3.63) is 100 Å². The third-order valence-corrected chi connectivity index (χ3v) is 4.46. The smallest absolute Gasteiger partial charge is 0.346 e. The maximum absolute atomic E-state index is 13.8. The molecule has 0 aliphatic heterocycles. The molecule has 0 unspecified atom stereocenters. The number of hydrogen-bond acceptors (Lipinski definition) is 6. The van der Waals surface area contributed by atoms with E-state index in [-0.39, 0.29) is 22.6 Å². The number of para-hydroxylation sites is 1. The number of hydrogen-bond donors (Lipinski definition) is 0. The molecule has 0 amide bonds. The maximum Gasteiger partial charge on any atom is 0.346 e. The van der Waals surface area contributed by atoms with Crippen molar-refractivity contribution in [1.29, 1.82) is 0 Å². The molecule has 0 aliphatic rings. The highest BCUT2D eigenvalue weighted by atomic mass is 19.1. The molecule has 0 aliphatic carbocycles. The van der Waals surface area contributed by atoms with Gasteiger partial charge in [-0.15, -0.1) is 0 Å². The van der Waals surface area contributed by atoms with Crippen LogP contribution < -0.4 is 15.0 Å². The fourth-order valence-corrected chi connectivity index (χ4v) is 2.90. The van der Waals surface area contributed by atoms with Crippen molar-refractivity contribution in [2.45, 2.75) is 0 Å². The zero-order valence-corrected chi connectivity index (χ0v) is 16.4. The Morgan fingerprint density at radius 3 is 2.65 bits per heavy atom. The van der Waals surface area contributed by atoms with Crippen LogP contribution in [-0.4, -0.2) is 29.0 Å². The summed E-state index contributed by atoms with van der Waals surface area (Å²) in [5, 5.41) is 4.61. The summed E-state index contributed by atoms with van der Waals surface area (Å²) >= 11 is 0. The molecule has 0 N–H and O–H groups in total. The van der Waals surface area contributed by atoms with Crippen LogP contribution in [0.4, 0.5) is 4.39 Å². The van der Waals surface area contributed by atoms with Gasteiger partial charge in [0.15, 0.2) is 11.5 Å². The van der Waals surface area contributed by atoms with Crippen molar-refractivity contribution in [3.8, 4) is 11.5 Å². The molecule has 4 rings (SSSR count). The first-order valence-electron chi connectivity index (χ1n) is 9.22. The van der Waals surface area contributed by atoms with Crippen LogP contribution in [0.2, 0.25) is 0 Å². The van der Waals surface area contributed by atoms with E-state index in [1.54, 1.807) is 42.5 Å². The highest BCUT2D eigenvalue weighted by Crippen LogP contribution is 2.28. The molecule has 154 valence electrons. The molecule has 31 heavy (non-hydrogen) atoms. The van der Waals surface area contributed by atoms with Crippen LogP contribution in [0.5, 0.6) is 11.5 Å². The van der Waals surface area contributed by atoms with E-state index in [1.807, 2.05) is 0 Å². The average molecular weight is 417 g/mol. The summed E-state index contributed by atoms with van der Waals surface area (Å²) in [6.45, 7) is 0. The lowest BCUT2D eigenvalue weighted by atomic mass is 10.2. The van der Waals surface area contributed by atoms with E-state index >= 15 is 0 Å². The van der Waals surface area contributed by atoms with Crippen molar-refractivity contribution < 1.29 is 18.7 Å². The van der Waals surface area contributed by atoms with Crippen LogP contribution >= 0.6 is 0 Å². The number of rotatable bonds is 5. The predicted octanol–water partition coefficient (Wildman–Crippen LogP) is 3.65. The molecule has 3 aromatic carbocycles. The first-order valence-corrected chi connectivity index (χ1v) is 9.22. The quantitative estimate of drug-likeness (QED) is 0.281. The Morgan fingerprint density at radius 2 is 1.84 bits per heavy atom. The Bertz CT molecular complexity index is 1360.